The molecule has 0 aliphatic heterocycles. The molecule has 0 fully saturated rings. The van der Waals surface area contributed by atoms with Crippen molar-refractivity contribution in [1.82, 2.24) is 0 Å². The fraction of sp³-hybridized carbons (Fsp3) is 0.0714. The van der Waals surface area contributed by atoms with Crippen LogP contribution >= 0.6 is 7.47 Å². The molecule has 5 rings (SSSR count). The van der Waals surface area contributed by atoms with Crippen LogP contribution in [-0.4, -0.2) is 18.0 Å². The minimum absolute atomic E-state index is 0.332. The van der Waals surface area contributed by atoms with E-state index in [9.17, 15) is 10.2 Å². The Morgan fingerprint density at radius 3 is 1.47 bits per heavy atom. The number of hydrogen-bond donors (Lipinski definition) is 2. The Hall–Kier alpha value is -3.13. The molecule has 0 unspecified atom stereocenters. The predicted molar refractivity (Wildman–Crippen MR) is 141 cm³/mol. The smallest absolute Gasteiger partial charge is 0.131 e. The maximum atomic E-state index is 11.5. The summed E-state index contributed by atoms with van der Waals surface area (Å²) >= 11 is 0. The highest BCUT2D eigenvalue weighted by Crippen LogP contribution is 2.50. The van der Waals surface area contributed by atoms with E-state index < -0.39 is 15.2 Å². The van der Waals surface area contributed by atoms with Crippen molar-refractivity contribution in [2.75, 3.05) is 0 Å². The van der Waals surface area contributed by atoms with Gasteiger partial charge in [0.25, 0.3) is 0 Å². The van der Waals surface area contributed by atoms with E-state index in [-0.39, 0.29) is 0 Å². The van der Waals surface area contributed by atoms with Gasteiger partial charge in [0, 0.05) is 21.4 Å². The lowest BCUT2D eigenvalue weighted by Gasteiger charge is -2.35. The van der Waals surface area contributed by atoms with E-state index in [2.05, 4.69) is 61.6 Å². The first kappa shape index (κ1) is 20.8. The molecule has 0 saturated heterocycles. The highest BCUT2D eigenvalue weighted by atomic mass is 31.4. The molecule has 0 saturated carbocycles. The Kier molecular flexibility index (Phi) is 5.25. The summed E-state index contributed by atoms with van der Waals surface area (Å²) in [7, 11) is -3.20. The fourth-order valence-corrected chi connectivity index (χ4v) is 14.3. The van der Waals surface area contributed by atoms with Gasteiger partial charge in [-0.1, -0.05) is 121 Å². The summed E-state index contributed by atoms with van der Waals surface area (Å²) in [5, 5.41) is 29.8. The normalized spacial score (nSPS) is 12.0. The maximum Gasteiger partial charge on any atom is 0.131 e. The minimum atomic E-state index is -2.18. The first-order valence-corrected chi connectivity index (χ1v) is 15.9. The molecule has 2 nitrogen and oxygen atoms in total. The SMILES string of the molecule is C[Si](C)(c1ccccc1)P(c1ccc2ccccc2c1O)c1ccc2ccccc2c1O. The topological polar surface area (TPSA) is 40.5 Å². The third kappa shape index (κ3) is 3.39. The van der Waals surface area contributed by atoms with Gasteiger partial charge in [-0.3, -0.25) is 0 Å². The molecule has 0 spiro atoms. The van der Waals surface area contributed by atoms with Gasteiger partial charge in [-0.2, -0.15) is 0 Å². The lowest BCUT2D eigenvalue weighted by atomic mass is 10.1. The largest absolute Gasteiger partial charge is 0.507 e. The lowest BCUT2D eigenvalue weighted by Crippen LogP contribution is -2.45. The number of benzene rings is 5. The maximum absolute atomic E-state index is 11.5. The predicted octanol–water partition coefficient (Wildman–Crippen LogP) is 5.95. The summed E-state index contributed by atoms with van der Waals surface area (Å²) in [6.07, 6.45) is 0. The van der Waals surface area contributed by atoms with E-state index in [0.29, 0.717) is 11.5 Å². The van der Waals surface area contributed by atoms with Crippen LogP contribution in [-0.2, 0) is 0 Å². The van der Waals surface area contributed by atoms with Crippen molar-refractivity contribution in [3.05, 3.63) is 103 Å². The Morgan fingerprint density at radius 1 is 0.531 bits per heavy atom. The van der Waals surface area contributed by atoms with Gasteiger partial charge in [-0.25, -0.2) is 0 Å². The summed E-state index contributed by atoms with van der Waals surface area (Å²) in [5.41, 5.74) is 0. The van der Waals surface area contributed by atoms with E-state index in [4.69, 9.17) is 0 Å². The molecule has 0 aromatic heterocycles. The van der Waals surface area contributed by atoms with Crippen molar-refractivity contribution in [1.29, 1.82) is 0 Å². The number of hydrogen-bond acceptors (Lipinski definition) is 2. The summed E-state index contributed by atoms with van der Waals surface area (Å²) in [4.78, 5) is 0. The lowest BCUT2D eigenvalue weighted by molar-refractivity contribution is 0.485. The zero-order chi connectivity index (χ0) is 22.3. The average Bonchev–Trinajstić information content (AvgIpc) is 2.83. The molecule has 0 atom stereocenters. The van der Waals surface area contributed by atoms with Gasteiger partial charge in [-0.15, -0.1) is 0 Å². The fourth-order valence-electron chi connectivity index (χ4n) is 4.56. The number of aromatic hydroxyl groups is 2. The first-order valence-electron chi connectivity index (χ1n) is 10.8. The zero-order valence-electron chi connectivity index (χ0n) is 18.2. The molecule has 5 aromatic carbocycles. The Morgan fingerprint density at radius 2 is 0.969 bits per heavy atom. The molecule has 158 valence electrons. The first-order chi connectivity index (χ1) is 15.5. The van der Waals surface area contributed by atoms with Gasteiger partial charge in [0.15, 0.2) is 0 Å². The summed E-state index contributed by atoms with van der Waals surface area (Å²) in [6.45, 7) is 4.69. The van der Waals surface area contributed by atoms with Gasteiger partial charge < -0.3 is 10.2 Å². The number of phenolic OH excluding ortho intramolecular Hbond substituents is 2. The number of rotatable bonds is 4. The van der Waals surface area contributed by atoms with Crippen LogP contribution in [0.1, 0.15) is 0 Å². The summed E-state index contributed by atoms with van der Waals surface area (Å²) < 4.78 is 0. The molecule has 0 radical (unpaired) electrons. The molecular formula is C28H25O2PSi. The molecular weight excluding hydrogens is 427 g/mol. The van der Waals surface area contributed by atoms with Gasteiger partial charge in [0.1, 0.15) is 19.2 Å². The molecule has 5 aromatic rings. The van der Waals surface area contributed by atoms with Crippen LogP contribution in [0.4, 0.5) is 0 Å². The average molecular weight is 453 g/mol. The molecule has 0 bridgehead atoms. The Balaban J connectivity index is 1.82. The van der Waals surface area contributed by atoms with Crippen LogP contribution in [0.2, 0.25) is 13.1 Å². The molecule has 32 heavy (non-hydrogen) atoms. The van der Waals surface area contributed by atoms with Crippen LogP contribution in [0.5, 0.6) is 11.5 Å². The van der Waals surface area contributed by atoms with Crippen molar-refractivity contribution in [2.24, 2.45) is 0 Å². The summed E-state index contributed by atoms with van der Waals surface area (Å²) in [5.74, 6) is 0.663. The zero-order valence-corrected chi connectivity index (χ0v) is 20.1. The highest BCUT2D eigenvalue weighted by molar-refractivity contribution is 8.06. The van der Waals surface area contributed by atoms with Gasteiger partial charge in [-0.05, 0) is 18.2 Å². The summed E-state index contributed by atoms with van der Waals surface area (Å²) in [6, 6.07) is 34.8. The molecule has 0 amide bonds. The molecule has 4 heteroatoms. The van der Waals surface area contributed by atoms with Crippen molar-refractivity contribution in [2.45, 2.75) is 13.1 Å². The highest BCUT2D eigenvalue weighted by Gasteiger charge is 2.39. The molecule has 0 aliphatic rings. The second kappa shape index (κ2) is 8.09. The van der Waals surface area contributed by atoms with E-state index in [1.54, 1.807) is 0 Å². The van der Waals surface area contributed by atoms with E-state index in [1.165, 1.54) is 5.19 Å². The molecule has 0 aliphatic carbocycles. The van der Waals surface area contributed by atoms with E-state index in [0.717, 1.165) is 32.2 Å². The minimum Gasteiger partial charge on any atom is -0.507 e. The van der Waals surface area contributed by atoms with Crippen molar-refractivity contribution in [3.8, 4) is 11.5 Å². The van der Waals surface area contributed by atoms with Crippen LogP contribution in [0.15, 0.2) is 103 Å². The van der Waals surface area contributed by atoms with E-state index >= 15 is 0 Å². The van der Waals surface area contributed by atoms with Crippen LogP contribution < -0.4 is 15.8 Å². The number of fused-ring (bicyclic) bond motifs is 2. The van der Waals surface area contributed by atoms with Crippen LogP contribution in [0.3, 0.4) is 0 Å². The van der Waals surface area contributed by atoms with Gasteiger partial charge in [0.05, 0.1) is 0 Å². The third-order valence-electron chi connectivity index (χ3n) is 6.28. The van der Waals surface area contributed by atoms with Crippen molar-refractivity contribution in [3.63, 3.8) is 0 Å². The number of phenols is 2. The van der Waals surface area contributed by atoms with Crippen LogP contribution in [0, 0.1) is 0 Å². The Labute approximate surface area is 190 Å². The molecule has 0 heterocycles. The second-order valence-corrected chi connectivity index (χ2v) is 18.6. The van der Waals surface area contributed by atoms with Crippen molar-refractivity contribution >= 4 is 52.6 Å². The second-order valence-electron chi connectivity index (χ2n) is 8.57. The molecule has 2 N–H and O–H groups in total. The standard InChI is InChI=1S/C28H25O2PSi/c1-32(2,22-12-4-3-5-13-22)31(25-18-16-20-10-6-8-14-23(20)27(25)29)26-19-17-21-11-7-9-15-24(21)28(26)30/h3-19,29-30H,1-2H3. The van der Waals surface area contributed by atoms with Crippen LogP contribution in [0.25, 0.3) is 21.5 Å². The monoisotopic (exact) mass is 452 g/mol. The van der Waals surface area contributed by atoms with Crippen molar-refractivity contribution < 1.29 is 10.2 Å². The van der Waals surface area contributed by atoms with Gasteiger partial charge >= 0.3 is 0 Å². The van der Waals surface area contributed by atoms with Gasteiger partial charge in [0.2, 0.25) is 0 Å². The third-order valence-corrected chi connectivity index (χ3v) is 16.4. The Bertz CT molecular complexity index is 1340. The van der Waals surface area contributed by atoms with E-state index in [1.807, 2.05) is 54.6 Å². The quantitative estimate of drug-likeness (QED) is 0.261.